The average Bonchev–Trinajstić information content (AvgIpc) is 2.80. The first kappa shape index (κ1) is 19.7. The molecular formula is C19H17F2NO3S2. The van der Waals surface area contributed by atoms with Gasteiger partial charge in [-0.15, -0.1) is 11.8 Å². The van der Waals surface area contributed by atoms with E-state index in [1.807, 2.05) is 12.1 Å². The summed E-state index contributed by atoms with van der Waals surface area (Å²) in [6.07, 6.45) is 0.447. The Balaban J connectivity index is 1.72. The Bertz CT molecular complexity index is 878. The number of nitrogens with one attached hydrogen (secondary N) is 1. The fourth-order valence-electron chi connectivity index (χ4n) is 2.85. The zero-order chi connectivity index (χ0) is 19.4. The maximum absolute atomic E-state index is 13.7. The highest BCUT2D eigenvalue weighted by Crippen LogP contribution is 2.37. The van der Waals surface area contributed by atoms with E-state index in [4.69, 9.17) is 17.0 Å². The van der Waals surface area contributed by atoms with Crippen molar-refractivity contribution in [2.75, 3.05) is 18.9 Å². The third-order valence-electron chi connectivity index (χ3n) is 4.42. The summed E-state index contributed by atoms with van der Waals surface area (Å²) < 4.78 is 31.8. The van der Waals surface area contributed by atoms with Crippen LogP contribution < -0.4 is 10.1 Å². The molecule has 0 fully saturated rings. The summed E-state index contributed by atoms with van der Waals surface area (Å²) in [6.45, 7) is -0.319. The molecule has 0 aliphatic carbocycles. The normalized spacial score (nSPS) is 19.1. The lowest BCUT2D eigenvalue weighted by molar-refractivity contribution is 0.0638. The van der Waals surface area contributed by atoms with Crippen molar-refractivity contribution in [1.29, 1.82) is 0 Å². The molecule has 1 aliphatic heterocycles. The fourth-order valence-corrected chi connectivity index (χ4v) is 4.21. The second-order valence-electron chi connectivity index (χ2n) is 6.18. The Morgan fingerprint density at radius 1 is 1.30 bits per heavy atom. The van der Waals surface area contributed by atoms with Crippen LogP contribution in [0.3, 0.4) is 0 Å². The summed E-state index contributed by atoms with van der Waals surface area (Å²) in [5, 5.41) is 12.6. The van der Waals surface area contributed by atoms with Crippen molar-refractivity contribution in [3.05, 3.63) is 59.7 Å². The number of thiocarbonyl (C=S) groups is 1. The number of carbonyl (C=O) groups is 1. The highest BCUT2D eigenvalue weighted by Gasteiger charge is 2.41. The summed E-state index contributed by atoms with van der Waals surface area (Å²) in [7, 11) is 0. The number of ketones is 1. The molecule has 8 heteroatoms. The summed E-state index contributed by atoms with van der Waals surface area (Å²) in [5.41, 5.74) is -0.499. The van der Waals surface area contributed by atoms with Crippen LogP contribution in [0.15, 0.2) is 47.4 Å². The van der Waals surface area contributed by atoms with Crippen LogP contribution in [0.25, 0.3) is 0 Å². The zero-order valence-corrected chi connectivity index (χ0v) is 15.8. The van der Waals surface area contributed by atoms with Crippen molar-refractivity contribution in [2.24, 2.45) is 5.41 Å². The SMILES string of the molecule is O=C1c2ccccc2SCCC1(CO)CNC(=S)Oc1ccc(F)cc1F. The van der Waals surface area contributed by atoms with Gasteiger partial charge in [-0.3, -0.25) is 4.79 Å². The largest absolute Gasteiger partial charge is 0.429 e. The molecule has 2 N–H and O–H groups in total. The van der Waals surface area contributed by atoms with E-state index in [0.717, 1.165) is 17.0 Å². The first-order chi connectivity index (χ1) is 12.9. The molecule has 27 heavy (non-hydrogen) atoms. The molecule has 0 spiro atoms. The van der Waals surface area contributed by atoms with E-state index in [1.165, 1.54) is 0 Å². The van der Waals surface area contributed by atoms with Gasteiger partial charge >= 0.3 is 0 Å². The highest BCUT2D eigenvalue weighted by atomic mass is 32.2. The molecule has 2 aromatic carbocycles. The van der Waals surface area contributed by atoms with E-state index in [-0.39, 0.29) is 29.9 Å². The first-order valence-corrected chi connectivity index (χ1v) is 9.63. The zero-order valence-electron chi connectivity index (χ0n) is 14.2. The Hall–Kier alpha value is -2.03. The molecule has 0 aromatic heterocycles. The molecular weight excluding hydrogens is 392 g/mol. The first-order valence-electron chi connectivity index (χ1n) is 8.23. The van der Waals surface area contributed by atoms with Gasteiger partial charge in [0.2, 0.25) is 0 Å². The van der Waals surface area contributed by atoms with Crippen molar-refractivity contribution in [1.82, 2.24) is 5.32 Å². The summed E-state index contributed by atoms with van der Waals surface area (Å²) in [5.74, 6) is -1.34. The molecule has 0 saturated heterocycles. The molecule has 1 atom stereocenters. The van der Waals surface area contributed by atoms with Crippen molar-refractivity contribution < 1.29 is 23.4 Å². The number of carbonyl (C=O) groups excluding carboxylic acids is 1. The van der Waals surface area contributed by atoms with Crippen LogP contribution in [0.4, 0.5) is 8.78 Å². The molecule has 3 rings (SSSR count). The highest BCUT2D eigenvalue weighted by molar-refractivity contribution is 7.99. The van der Waals surface area contributed by atoms with Gasteiger partial charge in [0, 0.05) is 23.1 Å². The Morgan fingerprint density at radius 2 is 2.07 bits per heavy atom. The number of ether oxygens (including phenoxy) is 1. The number of fused-ring (bicyclic) bond motifs is 1. The van der Waals surface area contributed by atoms with Crippen LogP contribution in [-0.2, 0) is 0 Å². The quantitative estimate of drug-likeness (QED) is 0.753. The van der Waals surface area contributed by atoms with Crippen LogP contribution in [0.2, 0.25) is 0 Å². The van der Waals surface area contributed by atoms with Crippen molar-refractivity contribution in [3.63, 3.8) is 0 Å². The molecule has 142 valence electrons. The molecule has 0 radical (unpaired) electrons. The van der Waals surface area contributed by atoms with Gasteiger partial charge in [0.1, 0.15) is 5.82 Å². The Morgan fingerprint density at radius 3 is 2.81 bits per heavy atom. The standard InChI is InChI=1S/C19H17F2NO3S2/c20-12-5-6-15(14(21)9-12)25-18(26)22-10-19(11-23)7-8-27-16-4-2-1-3-13(16)17(19)24/h1-6,9,23H,7-8,10-11H2,(H,22,26). The van der Waals surface area contributed by atoms with E-state index in [1.54, 1.807) is 23.9 Å². The smallest absolute Gasteiger partial charge is 0.262 e. The minimum absolute atomic E-state index is 0.0406. The van der Waals surface area contributed by atoms with Gasteiger partial charge in [0.15, 0.2) is 17.3 Å². The lowest BCUT2D eigenvalue weighted by Gasteiger charge is -2.29. The monoisotopic (exact) mass is 409 g/mol. The molecule has 0 bridgehead atoms. The van der Waals surface area contributed by atoms with E-state index >= 15 is 0 Å². The van der Waals surface area contributed by atoms with E-state index < -0.39 is 17.0 Å². The van der Waals surface area contributed by atoms with Crippen molar-refractivity contribution in [2.45, 2.75) is 11.3 Å². The van der Waals surface area contributed by atoms with Gasteiger partial charge < -0.3 is 15.2 Å². The maximum atomic E-state index is 13.7. The van der Waals surface area contributed by atoms with E-state index in [0.29, 0.717) is 23.8 Å². The third kappa shape index (κ3) is 4.28. The van der Waals surface area contributed by atoms with Gasteiger partial charge in [-0.2, -0.15) is 0 Å². The number of halogens is 2. The number of aliphatic hydroxyl groups is 1. The molecule has 0 saturated carbocycles. The average molecular weight is 409 g/mol. The predicted octanol–water partition coefficient (Wildman–Crippen LogP) is 3.58. The van der Waals surface area contributed by atoms with Gasteiger partial charge in [-0.25, -0.2) is 8.78 Å². The maximum Gasteiger partial charge on any atom is 0.262 e. The summed E-state index contributed by atoms with van der Waals surface area (Å²) in [4.78, 5) is 13.9. The minimum Gasteiger partial charge on any atom is -0.429 e. The number of thioether (sulfide) groups is 1. The van der Waals surface area contributed by atoms with Crippen molar-refractivity contribution in [3.8, 4) is 5.75 Å². The third-order valence-corrected chi connectivity index (χ3v) is 5.72. The Kier molecular flexibility index (Phi) is 6.08. The van der Waals surface area contributed by atoms with Crippen LogP contribution >= 0.6 is 24.0 Å². The summed E-state index contributed by atoms with van der Waals surface area (Å²) >= 11 is 6.62. The minimum atomic E-state index is -1.06. The van der Waals surface area contributed by atoms with Crippen LogP contribution in [0, 0.1) is 17.0 Å². The molecule has 4 nitrogen and oxygen atoms in total. The fraction of sp³-hybridized carbons (Fsp3) is 0.263. The van der Waals surface area contributed by atoms with Gasteiger partial charge in [-0.05, 0) is 42.6 Å². The second kappa shape index (κ2) is 8.33. The lowest BCUT2D eigenvalue weighted by Crippen LogP contribution is -2.46. The number of hydrogen-bond acceptors (Lipinski definition) is 5. The summed E-state index contributed by atoms with van der Waals surface area (Å²) in [6, 6.07) is 10.1. The number of Topliss-reactive ketones (excluding diaryl/α,β-unsaturated/α-hetero) is 1. The number of benzene rings is 2. The lowest BCUT2D eigenvalue weighted by atomic mass is 9.78. The molecule has 1 unspecified atom stereocenters. The molecule has 1 aliphatic rings. The molecule has 2 aromatic rings. The Labute approximate surface area is 164 Å². The molecule has 0 amide bonds. The predicted molar refractivity (Wildman–Crippen MR) is 103 cm³/mol. The number of aliphatic hydroxyl groups excluding tert-OH is 1. The number of hydrogen-bond donors (Lipinski definition) is 2. The second-order valence-corrected chi connectivity index (χ2v) is 7.69. The van der Waals surface area contributed by atoms with Gasteiger partial charge in [-0.1, -0.05) is 18.2 Å². The van der Waals surface area contributed by atoms with Crippen molar-refractivity contribution >= 4 is 34.9 Å². The van der Waals surface area contributed by atoms with Crippen LogP contribution in [-0.4, -0.2) is 35.0 Å². The molecule has 1 heterocycles. The number of rotatable bonds is 4. The van der Waals surface area contributed by atoms with Crippen LogP contribution in [0.5, 0.6) is 5.75 Å². The van der Waals surface area contributed by atoms with E-state index in [2.05, 4.69) is 5.32 Å². The van der Waals surface area contributed by atoms with Gasteiger partial charge in [0.25, 0.3) is 5.17 Å². The van der Waals surface area contributed by atoms with Crippen LogP contribution in [0.1, 0.15) is 16.8 Å². The topological polar surface area (TPSA) is 58.6 Å². The van der Waals surface area contributed by atoms with Gasteiger partial charge in [0.05, 0.1) is 12.0 Å². The van der Waals surface area contributed by atoms with E-state index in [9.17, 15) is 18.7 Å².